The molecule has 176 valence electrons. The highest BCUT2D eigenvalue weighted by molar-refractivity contribution is 7.66. The molecule has 0 amide bonds. The normalized spacial score (nSPS) is 20.8. The maximum Gasteiger partial charge on any atom is 0.414 e. The molecule has 4 atom stereocenters. The van der Waals surface area contributed by atoms with Crippen molar-refractivity contribution >= 4 is 31.0 Å². The molecule has 18 heteroatoms. The van der Waals surface area contributed by atoms with Crippen LogP contribution in [0.3, 0.4) is 0 Å². The molecule has 0 aromatic heterocycles. The van der Waals surface area contributed by atoms with Gasteiger partial charge in [0, 0.05) is 41.5 Å². The highest BCUT2D eigenvalue weighted by atomic mass is 31.3. The lowest BCUT2D eigenvalue weighted by Crippen LogP contribution is -2.21. The number of rotatable bonds is 16. The average molecular weight is 506 g/mol. The SMILES string of the molecule is COP(=O)(O)N(CCCCCCCN(P(=O)(O)OC)P(=O)(O)OC)P(=O)(O)OC. The summed E-state index contributed by atoms with van der Waals surface area (Å²) in [6.45, 7) is -0.499. The fourth-order valence-electron chi connectivity index (χ4n) is 2.20. The summed E-state index contributed by atoms with van der Waals surface area (Å²) in [6, 6.07) is 0. The van der Waals surface area contributed by atoms with Crippen LogP contribution >= 0.6 is 31.0 Å². The first-order valence-electron chi connectivity index (χ1n) is 8.33. The first-order valence-corrected chi connectivity index (χ1v) is 14.4. The smallest absolute Gasteiger partial charge is 0.312 e. The standard InChI is InChI=1S/C11H30N2O12P4/c1-22-26(14,15)12(27(16,17)23-2)10-8-6-5-7-9-11-13(28(18,19)24-3)29(20,21)25-4/h5-11H2,1-4H3,(H,14,15)(H,16,17)(H,18,19)(H,20,21). The van der Waals surface area contributed by atoms with Gasteiger partial charge in [-0.15, -0.1) is 8.88 Å². The monoisotopic (exact) mass is 506 g/mol. The van der Waals surface area contributed by atoms with Crippen LogP contribution in [0, 0.1) is 0 Å². The molecule has 0 heterocycles. The molecule has 0 aliphatic heterocycles. The Morgan fingerprint density at radius 3 is 0.931 bits per heavy atom. The summed E-state index contributed by atoms with van der Waals surface area (Å²) in [5.41, 5.74) is 0. The van der Waals surface area contributed by atoms with Crippen molar-refractivity contribution in [1.29, 1.82) is 0 Å². The molecule has 0 spiro atoms. The molecule has 0 fully saturated rings. The third-order valence-electron chi connectivity index (χ3n) is 3.83. The first kappa shape index (κ1) is 29.5. The predicted molar refractivity (Wildman–Crippen MR) is 104 cm³/mol. The van der Waals surface area contributed by atoms with Crippen LogP contribution in [0.25, 0.3) is 0 Å². The molecule has 0 aliphatic carbocycles. The van der Waals surface area contributed by atoms with E-state index in [2.05, 4.69) is 18.1 Å². The van der Waals surface area contributed by atoms with E-state index in [4.69, 9.17) is 0 Å². The van der Waals surface area contributed by atoms with Crippen LogP contribution in [-0.4, -0.2) is 70.0 Å². The summed E-state index contributed by atoms with van der Waals surface area (Å²) in [7, 11) is -14.3. The molecule has 0 saturated heterocycles. The van der Waals surface area contributed by atoms with Crippen LogP contribution in [0.4, 0.5) is 0 Å². The number of unbranched alkanes of at least 4 members (excludes halogenated alkanes) is 4. The lowest BCUT2D eigenvalue weighted by atomic mass is 10.1. The molecule has 0 radical (unpaired) electrons. The summed E-state index contributed by atoms with van der Waals surface area (Å²) in [4.78, 5) is 38.7. The second-order valence-corrected chi connectivity index (χ2v) is 13.6. The van der Waals surface area contributed by atoms with Gasteiger partial charge >= 0.3 is 31.0 Å². The Morgan fingerprint density at radius 1 is 0.517 bits per heavy atom. The lowest BCUT2D eigenvalue weighted by Gasteiger charge is -2.28. The fourth-order valence-corrected chi connectivity index (χ4v) is 7.70. The average Bonchev–Trinajstić information content (AvgIpc) is 2.65. The molecule has 4 unspecified atom stereocenters. The minimum atomic E-state index is -4.50. The van der Waals surface area contributed by atoms with E-state index in [0.29, 0.717) is 28.1 Å². The van der Waals surface area contributed by atoms with Crippen LogP contribution in [0.15, 0.2) is 0 Å². The van der Waals surface area contributed by atoms with E-state index in [1.54, 1.807) is 0 Å². The van der Waals surface area contributed by atoms with Gasteiger partial charge in [-0.2, -0.15) is 0 Å². The molecule has 0 aromatic carbocycles. The zero-order valence-electron chi connectivity index (χ0n) is 16.7. The minimum Gasteiger partial charge on any atom is -0.312 e. The second kappa shape index (κ2) is 12.5. The van der Waals surface area contributed by atoms with Gasteiger partial charge in [-0.1, -0.05) is 19.3 Å². The Morgan fingerprint density at radius 2 is 0.724 bits per heavy atom. The van der Waals surface area contributed by atoms with E-state index < -0.39 is 31.0 Å². The van der Waals surface area contributed by atoms with E-state index in [0.717, 1.165) is 28.4 Å². The van der Waals surface area contributed by atoms with Crippen molar-refractivity contribution in [2.45, 2.75) is 32.1 Å². The zero-order chi connectivity index (χ0) is 22.9. The highest BCUT2D eigenvalue weighted by Gasteiger charge is 2.43. The summed E-state index contributed by atoms with van der Waals surface area (Å²) in [5.74, 6) is 0. The van der Waals surface area contributed by atoms with E-state index in [9.17, 15) is 37.8 Å². The molecular weight excluding hydrogens is 476 g/mol. The van der Waals surface area contributed by atoms with Crippen molar-refractivity contribution in [3.8, 4) is 0 Å². The maximum absolute atomic E-state index is 11.9. The van der Waals surface area contributed by atoms with Gasteiger partial charge in [0.25, 0.3) is 0 Å². The maximum atomic E-state index is 11.9. The molecule has 4 N–H and O–H groups in total. The summed E-state index contributed by atoms with van der Waals surface area (Å²) in [6.07, 6.45) is 1.95. The molecule has 14 nitrogen and oxygen atoms in total. The van der Waals surface area contributed by atoms with Gasteiger partial charge in [-0.3, -0.25) is 18.1 Å². The summed E-state index contributed by atoms with van der Waals surface area (Å²) in [5, 5.41) is 0. The number of nitrogens with zero attached hydrogens (tertiary/aromatic N) is 2. The predicted octanol–water partition coefficient (Wildman–Crippen LogP) is 2.53. The van der Waals surface area contributed by atoms with Crippen molar-refractivity contribution in [3.05, 3.63) is 0 Å². The van der Waals surface area contributed by atoms with Crippen LogP contribution < -0.4 is 0 Å². The quantitative estimate of drug-likeness (QED) is 0.176. The van der Waals surface area contributed by atoms with Crippen LogP contribution in [0.2, 0.25) is 0 Å². The van der Waals surface area contributed by atoms with E-state index in [1.807, 2.05) is 0 Å². The Kier molecular flexibility index (Phi) is 12.8. The molecule has 29 heavy (non-hydrogen) atoms. The Bertz CT molecular complexity index is 587. The first-order chi connectivity index (χ1) is 13.2. The van der Waals surface area contributed by atoms with Gasteiger partial charge < -0.3 is 19.6 Å². The van der Waals surface area contributed by atoms with Crippen molar-refractivity contribution in [1.82, 2.24) is 8.88 Å². The summed E-state index contributed by atoms with van der Waals surface area (Å²) < 4.78 is 65.9. The number of hydrogen-bond donors (Lipinski definition) is 4. The number of hydrogen-bond acceptors (Lipinski definition) is 8. The van der Waals surface area contributed by atoms with Gasteiger partial charge in [0.15, 0.2) is 0 Å². The third-order valence-corrected chi connectivity index (χ3v) is 11.6. The second-order valence-electron chi connectivity index (χ2n) is 5.65. The van der Waals surface area contributed by atoms with Crippen LogP contribution in [-0.2, 0) is 36.4 Å². The van der Waals surface area contributed by atoms with Crippen molar-refractivity contribution in [2.24, 2.45) is 0 Å². The third kappa shape index (κ3) is 9.27. The Balaban J connectivity index is 4.61. The largest absolute Gasteiger partial charge is 0.414 e. The Hall–Kier alpha value is 0.520. The summed E-state index contributed by atoms with van der Waals surface area (Å²) >= 11 is 0. The van der Waals surface area contributed by atoms with Gasteiger partial charge in [-0.25, -0.2) is 18.3 Å². The molecule has 0 aromatic rings. The van der Waals surface area contributed by atoms with E-state index in [-0.39, 0.29) is 25.9 Å². The molecule has 0 rings (SSSR count). The molecule has 0 saturated carbocycles. The zero-order valence-corrected chi connectivity index (χ0v) is 20.3. The van der Waals surface area contributed by atoms with Crippen molar-refractivity contribution < 1.29 is 55.9 Å². The molecule has 0 aliphatic rings. The Labute approximate surface area is 170 Å². The molecular formula is C11H30N2O12P4. The van der Waals surface area contributed by atoms with Crippen molar-refractivity contribution in [2.75, 3.05) is 41.5 Å². The lowest BCUT2D eigenvalue weighted by molar-refractivity contribution is 0.224. The van der Waals surface area contributed by atoms with Gasteiger partial charge in [0.2, 0.25) is 0 Å². The molecule has 0 bridgehead atoms. The van der Waals surface area contributed by atoms with Crippen LogP contribution in [0.1, 0.15) is 32.1 Å². The topological polar surface area (TPSA) is 193 Å². The van der Waals surface area contributed by atoms with Gasteiger partial charge in [0.05, 0.1) is 0 Å². The van der Waals surface area contributed by atoms with Gasteiger partial charge in [-0.05, 0) is 12.8 Å². The van der Waals surface area contributed by atoms with Crippen molar-refractivity contribution in [3.63, 3.8) is 0 Å². The van der Waals surface area contributed by atoms with Crippen LogP contribution in [0.5, 0.6) is 0 Å². The van der Waals surface area contributed by atoms with Gasteiger partial charge in [0.1, 0.15) is 0 Å². The van der Waals surface area contributed by atoms with E-state index in [1.165, 1.54) is 0 Å². The fraction of sp³-hybridized carbons (Fsp3) is 1.00. The van der Waals surface area contributed by atoms with E-state index >= 15 is 0 Å². The highest BCUT2D eigenvalue weighted by Crippen LogP contribution is 2.63. The minimum absolute atomic E-state index is 0.249.